The molecule has 0 bridgehead atoms. The molecule has 9 atom stereocenters. The van der Waals surface area contributed by atoms with Gasteiger partial charge in [0.2, 0.25) is 0 Å². The van der Waals surface area contributed by atoms with Gasteiger partial charge in [-0.3, -0.25) is 9.98 Å². The van der Waals surface area contributed by atoms with Crippen molar-refractivity contribution in [2.24, 2.45) is 9.98 Å². The van der Waals surface area contributed by atoms with Gasteiger partial charge in [0.1, 0.15) is 73.1 Å². The van der Waals surface area contributed by atoms with Gasteiger partial charge in [0.15, 0.2) is 0 Å². The first kappa shape index (κ1) is 35.9. The Morgan fingerprint density at radius 1 is 0.708 bits per heavy atom. The highest BCUT2D eigenvalue weighted by Crippen LogP contribution is 2.37. The van der Waals surface area contributed by atoms with Crippen LogP contribution in [0.25, 0.3) is 0 Å². The van der Waals surface area contributed by atoms with Gasteiger partial charge in [-0.2, -0.15) is 0 Å². The first-order valence-corrected chi connectivity index (χ1v) is 14.8. The molecule has 0 radical (unpaired) electrons. The minimum Gasteiger partial charge on any atom is -0.394 e. The molecule has 0 saturated carbocycles. The van der Waals surface area contributed by atoms with E-state index in [-0.39, 0.29) is 13.2 Å². The van der Waals surface area contributed by atoms with E-state index in [1.54, 1.807) is 0 Å². The van der Waals surface area contributed by atoms with Crippen LogP contribution < -0.4 is 11.5 Å². The molecular formula is C28H40N8O12. The van der Waals surface area contributed by atoms with E-state index in [1.165, 1.54) is 41.1 Å². The molecule has 5 aliphatic heterocycles. The summed E-state index contributed by atoms with van der Waals surface area (Å²) in [5, 5.41) is 38.3. The van der Waals surface area contributed by atoms with Crippen molar-refractivity contribution in [3.63, 3.8) is 0 Å². The number of hydrogen-bond donors (Lipinski definition) is 6. The minimum absolute atomic E-state index is 0.177. The molecule has 3 fully saturated rings. The number of aliphatic imine (C=N–C) groups is 2. The predicted molar refractivity (Wildman–Crippen MR) is 162 cm³/mol. The summed E-state index contributed by atoms with van der Waals surface area (Å²) in [6.45, 7) is -1.10. The minimum atomic E-state index is -1.15. The normalized spacial score (nSPS) is 31.3. The van der Waals surface area contributed by atoms with Crippen LogP contribution in [0.5, 0.6) is 0 Å². The average molecular weight is 681 g/mol. The quantitative estimate of drug-likeness (QED) is 0.150. The Labute approximate surface area is 274 Å². The first-order chi connectivity index (χ1) is 23.2. The smallest absolute Gasteiger partial charge is 0.272 e. The third kappa shape index (κ3) is 7.01. The number of aliphatic hydroxyl groups is 4. The van der Waals surface area contributed by atoms with Gasteiger partial charge >= 0.3 is 0 Å². The van der Waals surface area contributed by atoms with Gasteiger partial charge in [-0.25, -0.2) is 19.9 Å². The van der Waals surface area contributed by atoms with Crippen LogP contribution in [0.4, 0.5) is 11.6 Å². The molecule has 0 aromatic carbocycles. The lowest BCUT2D eigenvalue weighted by molar-refractivity contribution is -0.252. The highest BCUT2D eigenvalue weighted by molar-refractivity contribution is 6.07. The number of aromatic nitrogens is 4. The van der Waals surface area contributed by atoms with Crippen molar-refractivity contribution < 1.29 is 58.3 Å². The number of ether oxygens (including phenoxy) is 8. The van der Waals surface area contributed by atoms with Crippen molar-refractivity contribution in [1.82, 2.24) is 19.9 Å². The lowest BCUT2D eigenvalue weighted by atomic mass is 10.0. The molecule has 7 rings (SSSR count). The van der Waals surface area contributed by atoms with Crippen molar-refractivity contribution in [2.45, 2.75) is 74.9 Å². The third-order valence-corrected chi connectivity index (χ3v) is 8.14. The summed E-state index contributed by atoms with van der Waals surface area (Å²) in [5.74, 6) is 0.755. The second-order valence-corrected chi connectivity index (χ2v) is 10.8. The SMILES string of the molecule is COC(OC)OC.COC1O[C@@H]2[C@H](O1)[C@@H](CO)O[C@H]2C1=NCc2c(N)ncnc21.Nc1ncnc2c1CN=C2[C@@H]1O[C@H](CO)[C@@H](O)[C@H]1O. The lowest BCUT2D eigenvalue weighted by Gasteiger charge is -2.18. The Morgan fingerprint density at radius 3 is 1.67 bits per heavy atom. The zero-order valence-corrected chi connectivity index (χ0v) is 26.6. The molecule has 5 aliphatic rings. The maximum absolute atomic E-state index is 9.97. The van der Waals surface area contributed by atoms with Crippen molar-refractivity contribution in [1.29, 1.82) is 0 Å². The Morgan fingerprint density at radius 2 is 1.21 bits per heavy atom. The van der Waals surface area contributed by atoms with Crippen molar-refractivity contribution >= 4 is 23.1 Å². The molecule has 20 heteroatoms. The van der Waals surface area contributed by atoms with Crippen LogP contribution in [-0.4, -0.2) is 155 Å². The number of nitrogens with zero attached hydrogens (tertiary/aromatic N) is 6. The molecule has 7 heterocycles. The highest BCUT2D eigenvalue weighted by Gasteiger charge is 2.55. The van der Waals surface area contributed by atoms with E-state index in [4.69, 9.17) is 40.3 Å². The molecule has 264 valence electrons. The van der Waals surface area contributed by atoms with Gasteiger partial charge in [-0.05, 0) is 0 Å². The van der Waals surface area contributed by atoms with E-state index in [1.807, 2.05) is 0 Å². The topological polar surface area (TPSA) is 283 Å². The van der Waals surface area contributed by atoms with Crippen LogP contribution in [0.2, 0.25) is 0 Å². The Kier molecular flexibility index (Phi) is 11.9. The molecule has 3 saturated heterocycles. The standard InChI is InChI=1S/C13H16N4O5.C11H14N4O4.C4H10O3/c1-19-13-21-9-6(3-18)20-10(11(9)22-13)8-7-5(2-15-8)12(14)17-4-16-7;12-11-4-1-13-7(6(4)14-3-15-11)10-9(18)8(17)5(2-16)19-10;1-5-4(6-2)7-3/h4,6,9-11,13,18H,2-3H2,1H3,(H2,14,16,17);3,5,8-10,16-18H,1-2H2,(H2,12,14,15);4H,1-3H3/t6-,9-,10+,11-,13?;5-,8-,9-,10+;/m11./s1. The van der Waals surface area contributed by atoms with E-state index in [0.717, 1.165) is 5.56 Å². The number of fused-ring (bicyclic) bond motifs is 3. The number of nitrogens with two attached hydrogens (primary N) is 2. The molecule has 0 aliphatic carbocycles. The maximum Gasteiger partial charge on any atom is 0.272 e. The highest BCUT2D eigenvalue weighted by atomic mass is 16.9. The Balaban J connectivity index is 0.000000159. The zero-order valence-electron chi connectivity index (χ0n) is 26.6. The maximum atomic E-state index is 9.97. The van der Waals surface area contributed by atoms with Crippen LogP contribution in [0.15, 0.2) is 22.6 Å². The van der Waals surface area contributed by atoms with Crippen LogP contribution in [-0.2, 0) is 51.0 Å². The predicted octanol–water partition coefficient (Wildman–Crippen LogP) is -3.11. The van der Waals surface area contributed by atoms with Crippen molar-refractivity contribution in [2.75, 3.05) is 53.1 Å². The van der Waals surface area contributed by atoms with E-state index in [2.05, 4.69) is 44.1 Å². The largest absolute Gasteiger partial charge is 0.394 e. The first-order valence-electron chi connectivity index (χ1n) is 14.8. The van der Waals surface area contributed by atoms with Crippen molar-refractivity contribution in [3.8, 4) is 0 Å². The lowest BCUT2D eigenvalue weighted by Crippen LogP contribution is -2.37. The molecule has 8 N–H and O–H groups in total. The Bertz CT molecular complexity index is 1460. The third-order valence-electron chi connectivity index (χ3n) is 8.14. The molecule has 0 amide bonds. The van der Waals surface area contributed by atoms with Gasteiger partial charge in [-0.15, -0.1) is 0 Å². The number of hydrogen-bond acceptors (Lipinski definition) is 20. The number of anilines is 2. The summed E-state index contributed by atoms with van der Waals surface area (Å²) in [4.78, 5) is 24.9. The summed E-state index contributed by atoms with van der Waals surface area (Å²) >= 11 is 0. The number of aliphatic hydroxyl groups excluding tert-OH is 4. The number of rotatable bonds is 8. The van der Waals surface area contributed by atoms with E-state index in [9.17, 15) is 15.3 Å². The van der Waals surface area contributed by atoms with Crippen LogP contribution >= 0.6 is 0 Å². The molecule has 20 nitrogen and oxygen atoms in total. The average Bonchev–Trinajstić information content (AvgIpc) is 3.92. The molecule has 1 unspecified atom stereocenters. The van der Waals surface area contributed by atoms with E-state index >= 15 is 0 Å². The molecule has 2 aromatic heterocycles. The fraction of sp³-hybridized carbons (Fsp3) is 0.643. The summed E-state index contributed by atoms with van der Waals surface area (Å²) < 4.78 is 41.5. The van der Waals surface area contributed by atoms with Crippen LogP contribution in [0.3, 0.4) is 0 Å². The summed E-state index contributed by atoms with van der Waals surface area (Å²) in [6.07, 6.45) is -3.05. The zero-order chi connectivity index (χ0) is 34.5. The molecule has 48 heavy (non-hydrogen) atoms. The summed E-state index contributed by atoms with van der Waals surface area (Å²) in [6, 6.07) is 0. The van der Waals surface area contributed by atoms with Gasteiger partial charge in [0.05, 0.1) is 49.1 Å². The molecule has 0 spiro atoms. The molecule has 2 aromatic rings. The fourth-order valence-corrected chi connectivity index (χ4v) is 5.75. The second-order valence-electron chi connectivity index (χ2n) is 10.8. The van der Waals surface area contributed by atoms with E-state index in [0.29, 0.717) is 53.1 Å². The van der Waals surface area contributed by atoms with Crippen LogP contribution in [0, 0.1) is 0 Å². The Hall–Kier alpha value is -3.38. The van der Waals surface area contributed by atoms with Crippen LogP contribution in [0.1, 0.15) is 22.5 Å². The molecular weight excluding hydrogens is 640 g/mol. The van der Waals surface area contributed by atoms with Gasteiger partial charge in [0, 0.05) is 39.6 Å². The van der Waals surface area contributed by atoms with Crippen molar-refractivity contribution in [3.05, 3.63) is 35.2 Å². The summed E-state index contributed by atoms with van der Waals surface area (Å²) in [5.41, 5.74) is 15.3. The number of methoxy groups -OCH3 is 4. The van der Waals surface area contributed by atoms with Gasteiger partial charge in [-0.1, -0.05) is 0 Å². The second kappa shape index (κ2) is 15.9. The fourth-order valence-electron chi connectivity index (χ4n) is 5.75. The number of nitrogen functional groups attached to an aromatic ring is 2. The van der Waals surface area contributed by atoms with E-state index < -0.39 is 61.8 Å². The van der Waals surface area contributed by atoms with Gasteiger partial charge < -0.3 is 69.8 Å². The summed E-state index contributed by atoms with van der Waals surface area (Å²) in [7, 11) is 6.03. The van der Waals surface area contributed by atoms with Gasteiger partial charge in [0.25, 0.3) is 13.0 Å². The monoisotopic (exact) mass is 680 g/mol.